The van der Waals surface area contributed by atoms with Gasteiger partial charge in [-0.15, -0.1) is 11.3 Å². The van der Waals surface area contributed by atoms with Gasteiger partial charge in [0.05, 0.1) is 6.20 Å². The highest BCUT2D eigenvalue weighted by Crippen LogP contribution is 2.22. The minimum absolute atomic E-state index is 0.102. The standard InChI is InChI=1S/C18H24N4OS/c1-13(11-16-4-3-14(2)24-16)21-18(23)15-5-9-22(10-6-15)17-12-19-7-8-20-17/h3-4,7-8,12-13,15H,5-6,9-11H2,1-2H3,(H,21,23)/t13-/m1/s1. The summed E-state index contributed by atoms with van der Waals surface area (Å²) in [4.78, 5) is 25.8. The molecule has 24 heavy (non-hydrogen) atoms. The van der Waals surface area contributed by atoms with Crippen molar-refractivity contribution in [1.29, 1.82) is 0 Å². The molecule has 1 aliphatic heterocycles. The second kappa shape index (κ2) is 7.75. The molecule has 0 saturated carbocycles. The van der Waals surface area contributed by atoms with Gasteiger partial charge in [0.25, 0.3) is 0 Å². The van der Waals surface area contributed by atoms with Crippen LogP contribution in [0.25, 0.3) is 0 Å². The molecule has 1 saturated heterocycles. The monoisotopic (exact) mass is 344 g/mol. The van der Waals surface area contributed by atoms with Gasteiger partial charge in [-0.1, -0.05) is 0 Å². The molecule has 1 atom stereocenters. The van der Waals surface area contributed by atoms with E-state index in [9.17, 15) is 4.79 Å². The summed E-state index contributed by atoms with van der Waals surface area (Å²) in [6, 6.07) is 4.47. The largest absolute Gasteiger partial charge is 0.355 e. The predicted octanol–water partition coefficient (Wildman–Crippen LogP) is 2.81. The molecule has 0 aliphatic carbocycles. The summed E-state index contributed by atoms with van der Waals surface area (Å²) < 4.78 is 0. The van der Waals surface area contributed by atoms with E-state index >= 15 is 0 Å². The van der Waals surface area contributed by atoms with Crippen LogP contribution in [0.5, 0.6) is 0 Å². The first-order chi connectivity index (χ1) is 11.6. The summed E-state index contributed by atoms with van der Waals surface area (Å²) in [6.45, 7) is 5.91. The number of aryl methyl sites for hydroxylation is 1. The number of carbonyl (C=O) groups excluding carboxylic acids is 1. The van der Waals surface area contributed by atoms with Crippen molar-refractivity contribution in [3.05, 3.63) is 40.5 Å². The fourth-order valence-corrected chi connectivity index (χ4v) is 4.15. The molecule has 1 fully saturated rings. The smallest absolute Gasteiger partial charge is 0.223 e. The van der Waals surface area contributed by atoms with Crippen molar-refractivity contribution >= 4 is 23.1 Å². The van der Waals surface area contributed by atoms with Gasteiger partial charge in [-0.05, 0) is 38.8 Å². The summed E-state index contributed by atoms with van der Waals surface area (Å²) in [5.74, 6) is 1.19. The molecular formula is C18H24N4OS. The van der Waals surface area contributed by atoms with Crippen molar-refractivity contribution in [3.63, 3.8) is 0 Å². The van der Waals surface area contributed by atoms with E-state index in [1.165, 1.54) is 9.75 Å². The lowest BCUT2D eigenvalue weighted by Gasteiger charge is -2.32. The number of carbonyl (C=O) groups is 1. The van der Waals surface area contributed by atoms with Crippen LogP contribution in [0.2, 0.25) is 0 Å². The number of hydrogen-bond donors (Lipinski definition) is 1. The van der Waals surface area contributed by atoms with Crippen molar-refractivity contribution in [2.75, 3.05) is 18.0 Å². The number of thiophene rings is 1. The Labute approximate surface area is 147 Å². The zero-order valence-corrected chi connectivity index (χ0v) is 15.1. The summed E-state index contributed by atoms with van der Waals surface area (Å²) in [7, 11) is 0. The number of piperidine rings is 1. The summed E-state index contributed by atoms with van der Waals surface area (Å²) in [5.41, 5.74) is 0. The predicted molar refractivity (Wildman–Crippen MR) is 97.3 cm³/mol. The van der Waals surface area contributed by atoms with Crippen LogP contribution in [0, 0.1) is 12.8 Å². The Morgan fingerprint density at radius 1 is 1.38 bits per heavy atom. The van der Waals surface area contributed by atoms with Gasteiger partial charge in [0.15, 0.2) is 0 Å². The number of nitrogens with zero attached hydrogens (tertiary/aromatic N) is 3. The normalized spacial score (nSPS) is 16.8. The lowest BCUT2D eigenvalue weighted by atomic mass is 9.95. The first-order valence-corrected chi connectivity index (χ1v) is 9.30. The first kappa shape index (κ1) is 16.9. The Balaban J connectivity index is 1.46. The Kier molecular flexibility index (Phi) is 5.45. The van der Waals surface area contributed by atoms with Crippen molar-refractivity contribution in [1.82, 2.24) is 15.3 Å². The van der Waals surface area contributed by atoms with Gasteiger partial charge in [-0.2, -0.15) is 0 Å². The second-order valence-electron chi connectivity index (χ2n) is 6.45. The van der Waals surface area contributed by atoms with Crippen LogP contribution in [0.15, 0.2) is 30.7 Å². The van der Waals surface area contributed by atoms with Crippen molar-refractivity contribution < 1.29 is 4.79 Å². The molecule has 0 unspecified atom stereocenters. The molecule has 128 valence electrons. The SMILES string of the molecule is Cc1ccc(C[C@@H](C)NC(=O)C2CCN(c3cnccn3)CC2)s1. The number of rotatable bonds is 5. The van der Waals surface area contributed by atoms with Gasteiger partial charge < -0.3 is 10.2 Å². The molecule has 5 nitrogen and oxygen atoms in total. The lowest BCUT2D eigenvalue weighted by Crippen LogP contribution is -2.43. The van der Waals surface area contributed by atoms with Gasteiger partial charge >= 0.3 is 0 Å². The van der Waals surface area contributed by atoms with Gasteiger partial charge in [0, 0.05) is 53.6 Å². The maximum absolute atomic E-state index is 12.5. The summed E-state index contributed by atoms with van der Waals surface area (Å²) in [6.07, 6.45) is 7.82. The fourth-order valence-electron chi connectivity index (χ4n) is 3.13. The zero-order valence-electron chi connectivity index (χ0n) is 14.2. The molecule has 0 radical (unpaired) electrons. The van der Waals surface area contributed by atoms with E-state index < -0.39 is 0 Å². The third-order valence-electron chi connectivity index (χ3n) is 4.43. The van der Waals surface area contributed by atoms with E-state index in [2.05, 4.69) is 46.2 Å². The number of anilines is 1. The highest BCUT2D eigenvalue weighted by Gasteiger charge is 2.26. The molecule has 2 aromatic heterocycles. The average Bonchev–Trinajstić information content (AvgIpc) is 3.00. The van der Waals surface area contributed by atoms with E-state index in [0.29, 0.717) is 0 Å². The third kappa shape index (κ3) is 4.32. The number of nitrogens with one attached hydrogen (secondary N) is 1. The molecule has 6 heteroatoms. The van der Waals surface area contributed by atoms with Crippen LogP contribution < -0.4 is 10.2 Å². The molecule has 0 spiro atoms. The Morgan fingerprint density at radius 3 is 2.79 bits per heavy atom. The Hall–Kier alpha value is -1.95. The number of aromatic nitrogens is 2. The highest BCUT2D eigenvalue weighted by atomic mass is 32.1. The minimum atomic E-state index is 0.102. The van der Waals surface area contributed by atoms with E-state index in [-0.39, 0.29) is 17.9 Å². The minimum Gasteiger partial charge on any atom is -0.355 e. The van der Waals surface area contributed by atoms with Gasteiger partial charge in [0.2, 0.25) is 5.91 Å². The van der Waals surface area contributed by atoms with Crippen LogP contribution in [-0.2, 0) is 11.2 Å². The topological polar surface area (TPSA) is 58.1 Å². The van der Waals surface area contributed by atoms with Crippen LogP contribution in [-0.4, -0.2) is 35.0 Å². The lowest BCUT2D eigenvalue weighted by molar-refractivity contribution is -0.126. The van der Waals surface area contributed by atoms with Crippen molar-refractivity contribution in [3.8, 4) is 0 Å². The zero-order chi connectivity index (χ0) is 16.9. The van der Waals surface area contributed by atoms with Gasteiger partial charge in [-0.25, -0.2) is 4.98 Å². The molecule has 1 amide bonds. The van der Waals surface area contributed by atoms with E-state index in [1.807, 2.05) is 0 Å². The molecule has 0 bridgehead atoms. The molecule has 1 aliphatic rings. The maximum atomic E-state index is 12.5. The fraction of sp³-hybridized carbons (Fsp3) is 0.500. The second-order valence-corrected chi connectivity index (χ2v) is 7.82. The van der Waals surface area contributed by atoms with Gasteiger partial charge in [-0.3, -0.25) is 9.78 Å². The van der Waals surface area contributed by atoms with Gasteiger partial charge in [0.1, 0.15) is 5.82 Å². The highest BCUT2D eigenvalue weighted by molar-refractivity contribution is 7.11. The summed E-state index contributed by atoms with van der Waals surface area (Å²) in [5, 5.41) is 3.18. The molecule has 0 aromatic carbocycles. The molecule has 2 aromatic rings. The van der Waals surface area contributed by atoms with Crippen LogP contribution in [0.1, 0.15) is 29.5 Å². The number of amides is 1. The quantitative estimate of drug-likeness (QED) is 0.906. The summed E-state index contributed by atoms with van der Waals surface area (Å²) >= 11 is 1.81. The van der Waals surface area contributed by atoms with Crippen LogP contribution >= 0.6 is 11.3 Å². The van der Waals surface area contributed by atoms with Crippen molar-refractivity contribution in [2.24, 2.45) is 5.92 Å². The molecular weight excluding hydrogens is 320 g/mol. The Morgan fingerprint density at radius 2 is 2.17 bits per heavy atom. The van der Waals surface area contributed by atoms with E-state index in [4.69, 9.17) is 0 Å². The average molecular weight is 344 g/mol. The Bertz CT molecular complexity index is 665. The molecule has 3 heterocycles. The van der Waals surface area contributed by atoms with Crippen LogP contribution in [0.4, 0.5) is 5.82 Å². The third-order valence-corrected chi connectivity index (χ3v) is 5.45. The number of hydrogen-bond acceptors (Lipinski definition) is 5. The van der Waals surface area contributed by atoms with E-state index in [1.54, 1.807) is 29.9 Å². The van der Waals surface area contributed by atoms with Crippen LogP contribution in [0.3, 0.4) is 0 Å². The molecule has 1 N–H and O–H groups in total. The van der Waals surface area contributed by atoms with E-state index in [0.717, 1.165) is 38.2 Å². The molecule has 3 rings (SSSR count). The van der Waals surface area contributed by atoms with Crippen molar-refractivity contribution in [2.45, 2.75) is 39.2 Å². The first-order valence-electron chi connectivity index (χ1n) is 8.48. The maximum Gasteiger partial charge on any atom is 0.223 e.